The minimum atomic E-state index is -0.260. The van der Waals surface area contributed by atoms with Gasteiger partial charge in [-0.25, -0.2) is 4.39 Å². The molecule has 0 unspecified atom stereocenters. The van der Waals surface area contributed by atoms with Crippen molar-refractivity contribution in [1.29, 1.82) is 0 Å². The third kappa shape index (κ3) is 3.99. The molecule has 2 heterocycles. The summed E-state index contributed by atoms with van der Waals surface area (Å²) in [6.45, 7) is 3.51. The van der Waals surface area contributed by atoms with Crippen molar-refractivity contribution < 1.29 is 28.1 Å². The zero-order valence-corrected chi connectivity index (χ0v) is 19.2. The second-order valence-electron chi connectivity index (χ2n) is 8.30. The molecular weight excluding hydrogens is 437 g/mol. The van der Waals surface area contributed by atoms with Crippen molar-refractivity contribution in [2.24, 2.45) is 0 Å². The standard InChI is InChI=1S/C27H24FNO5/c1-16-26-19(14-29(15-33-26)13-17-4-6-20(28)7-5-17)11-22-25(30)24(34-27(16)22)12-18-10-21(31-2)8-9-23(18)32-3/h4-12H,13-15H2,1-3H3/b24-12-. The third-order valence-electron chi connectivity index (χ3n) is 6.04. The van der Waals surface area contributed by atoms with Gasteiger partial charge < -0.3 is 18.9 Å². The fourth-order valence-electron chi connectivity index (χ4n) is 4.34. The highest BCUT2D eigenvalue weighted by Gasteiger charge is 2.33. The molecule has 3 aromatic rings. The number of methoxy groups -OCH3 is 2. The van der Waals surface area contributed by atoms with E-state index in [2.05, 4.69) is 4.90 Å². The topological polar surface area (TPSA) is 57.2 Å². The molecule has 0 aliphatic carbocycles. The van der Waals surface area contributed by atoms with Gasteiger partial charge in [0.05, 0.1) is 19.8 Å². The van der Waals surface area contributed by atoms with Gasteiger partial charge in [-0.1, -0.05) is 12.1 Å². The van der Waals surface area contributed by atoms with Gasteiger partial charge in [-0.15, -0.1) is 0 Å². The van der Waals surface area contributed by atoms with Gasteiger partial charge in [0.1, 0.15) is 35.5 Å². The maximum Gasteiger partial charge on any atom is 0.231 e. The second kappa shape index (κ2) is 8.83. The first-order valence-electron chi connectivity index (χ1n) is 10.9. The smallest absolute Gasteiger partial charge is 0.231 e. The predicted octanol–water partition coefficient (Wildman–Crippen LogP) is 5.12. The number of halogens is 1. The molecular formula is C27H24FNO5. The molecule has 0 aromatic heterocycles. The molecule has 0 amide bonds. The van der Waals surface area contributed by atoms with E-state index in [1.165, 1.54) is 12.1 Å². The SMILES string of the molecule is COc1ccc(OC)c(/C=C2\Oc3c(cc4c(c3C)OCN(Cc3ccc(F)cc3)C4)C2=O)c1. The van der Waals surface area contributed by atoms with Gasteiger partial charge in [0.2, 0.25) is 5.78 Å². The van der Waals surface area contributed by atoms with Crippen LogP contribution >= 0.6 is 0 Å². The number of hydrogen-bond acceptors (Lipinski definition) is 6. The second-order valence-corrected chi connectivity index (χ2v) is 8.30. The molecule has 2 aliphatic heterocycles. The maximum atomic E-state index is 13.2. The first-order chi connectivity index (χ1) is 16.5. The summed E-state index contributed by atoms with van der Waals surface area (Å²) in [4.78, 5) is 15.3. The van der Waals surface area contributed by atoms with Crippen LogP contribution in [0.3, 0.4) is 0 Å². The number of ketones is 1. The summed E-state index contributed by atoms with van der Waals surface area (Å²) in [6.07, 6.45) is 1.67. The summed E-state index contributed by atoms with van der Waals surface area (Å²) < 4.78 is 36.0. The molecule has 2 aliphatic rings. The number of fused-ring (bicyclic) bond motifs is 2. The number of allylic oxidation sites excluding steroid dienone is 1. The van der Waals surface area contributed by atoms with Crippen LogP contribution in [0.2, 0.25) is 0 Å². The number of carbonyl (C=O) groups excluding carboxylic acids is 1. The molecule has 0 spiro atoms. The lowest BCUT2D eigenvalue weighted by Crippen LogP contribution is -2.32. The molecule has 0 atom stereocenters. The van der Waals surface area contributed by atoms with E-state index in [9.17, 15) is 9.18 Å². The number of ether oxygens (including phenoxy) is 4. The lowest BCUT2D eigenvalue weighted by molar-refractivity contribution is 0.0876. The van der Waals surface area contributed by atoms with Gasteiger partial charge in [-0.05, 0) is 55.0 Å². The van der Waals surface area contributed by atoms with E-state index in [1.807, 2.05) is 13.0 Å². The fourth-order valence-corrected chi connectivity index (χ4v) is 4.34. The van der Waals surface area contributed by atoms with Crippen molar-refractivity contribution in [2.45, 2.75) is 20.0 Å². The normalized spacial score (nSPS) is 16.0. The van der Waals surface area contributed by atoms with Gasteiger partial charge >= 0.3 is 0 Å². The predicted molar refractivity (Wildman–Crippen MR) is 125 cm³/mol. The average molecular weight is 461 g/mol. The van der Waals surface area contributed by atoms with Crippen molar-refractivity contribution in [3.63, 3.8) is 0 Å². The van der Waals surface area contributed by atoms with E-state index < -0.39 is 0 Å². The molecule has 6 nitrogen and oxygen atoms in total. The Morgan fingerprint density at radius 3 is 2.59 bits per heavy atom. The Hall–Kier alpha value is -3.84. The highest BCUT2D eigenvalue weighted by molar-refractivity contribution is 6.15. The van der Waals surface area contributed by atoms with E-state index in [0.29, 0.717) is 48.2 Å². The van der Waals surface area contributed by atoms with E-state index in [4.69, 9.17) is 18.9 Å². The minimum Gasteiger partial charge on any atom is -0.497 e. The van der Waals surface area contributed by atoms with Crippen molar-refractivity contribution in [1.82, 2.24) is 4.90 Å². The minimum absolute atomic E-state index is 0.193. The Morgan fingerprint density at radius 1 is 1.06 bits per heavy atom. The van der Waals surface area contributed by atoms with Crippen LogP contribution in [0.1, 0.15) is 32.6 Å². The zero-order chi connectivity index (χ0) is 23.8. The van der Waals surface area contributed by atoms with Crippen LogP contribution in [0.4, 0.5) is 4.39 Å². The number of rotatable bonds is 5. The Balaban J connectivity index is 1.43. The highest BCUT2D eigenvalue weighted by atomic mass is 19.1. The molecule has 0 bridgehead atoms. The first kappa shape index (κ1) is 22.0. The van der Waals surface area contributed by atoms with E-state index in [1.54, 1.807) is 50.6 Å². The van der Waals surface area contributed by atoms with Crippen molar-refractivity contribution in [2.75, 3.05) is 21.0 Å². The molecule has 0 saturated heterocycles. The lowest BCUT2D eigenvalue weighted by Gasteiger charge is -2.30. The van der Waals surface area contributed by atoms with Crippen molar-refractivity contribution in [3.05, 3.63) is 87.9 Å². The van der Waals surface area contributed by atoms with Gasteiger partial charge in [-0.2, -0.15) is 0 Å². The molecule has 174 valence electrons. The number of carbonyl (C=O) groups is 1. The summed E-state index contributed by atoms with van der Waals surface area (Å²) in [5.74, 6) is 2.28. The lowest BCUT2D eigenvalue weighted by atomic mass is 9.99. The van der Waals surface area contributed by atoms with Crippen molar-refractivity contribution >= 4 is 11.9 Å². The van der Waals surface area contributed by atoms with Crippen LogP contribution in [0.5, 0.6) is 23.0 Å². The van der Waals surface area contributed by atoms with Gasteiger partial charge in [-0.3, -0.25) is 9.69 Å². The van der Waals surface area contributed by atoms with Crippen LogP contribution in [0, 0.1) is 12.7 Å². The van der Waals surface area contributed by atoms with E-state index >= 15 is 0 Å². The molecule has 0 N–H and O–H groups in total. The van der Waals surface area contributed by atoms with Gasteiger partial charge in [0.25, 0.3) is 0 Å². The van der Waals surface area contributed by atoms with Gasteiger partial charge in [0, 0.05) is 29.8 Å². The number of nitrogens with zero attached hydrogens (tertiary/aromatic N) is 1. The molecule has 0 saturated carbocycles. The highest BCUT2D eigenvalue weighted by Crippen LogP contribution is 2.43. The third-order valence-corrected chi connectivity index (χ3v) is 6.04. The summed E-state index contributed by atoms with van der Waals surface area (Å²) in [7, 11) is 3.15. The summed E-state index contributed by atoms with van der Waals surface area (Å²) >= 11 is 0. The summed E-state index contributed by atoms with van der Waals surface area (Å²) in [5.41, 5.74) is 3.90. The monoisotopic (exact) mass is 461 g/mol. The van der Waals surface area contributed by atoms with E-state index in [-0.39, 0.29) is 17.4 Å². The zero-order valence-electron chi connectivity index (χ0n) is 19.2. The quantitative estimate of drug-likeness (QED) is 0.492. The van der Waals surface area contributed by atoms with Crippen LogP contribution in [-0.4, -0.2) is 31.6 Å². The fraction of sp³-hybridized carbons (Fsp3) is 0.222. The van der Waals surface area contributed by atoms with Gasteiger partial charge in [0.15, 0.2) is 5.76 Å². The van der Waals surface area contributed by atoms with E-state index in [0.717, 1.165) is 22.4 Å². The average Bonchev–Trinajstić information content (AvgIpc) is 3.16. The van der Waals surface area contributed by atoms with Crippen LogP contribution in [-0.2, 0) is 13.1 Å². The first-order valence-corrected chi connectivity index (χ1v) is 10.9. The van der Waals surface area contributed by atoms with Crippen molar-refractivity contribution in [3.8, 4) is 23.0 Å². The molecule has 0 radical (unpaired) electrons. The Morgan fingerprint density at radius 2 is 1.85 bits per heavy atom. The summed E-state index contributed by atoms with van der Waals surface area (Å²) in [6, 6.07) is 13.6. The molecule has 3 aromatic carbocycles. The van der Waals surface area contributed by atoms with Crippen LogP contribution in [0.15, 0.2) is 54.3 Å². The number of hydrogen-bond donors (Lipinski definition) is 0. The Kier molecular flexibility index (Phi) is 5.71. The maximum absolute atomic E-state index is 13.2. The Labute approximate surface area is 197 Å². The Bertz CT molecular complexity index is 1300. The molecule has 7 heteroatoms. The molecule has 34 heavy (non-hydrogen) atoms. The molecule has 0 fully saturated rings. The summed E-state index contributed by atoms with van der Waals surface area (Å²) in [5, 5.41) is 0. The largest absolute Gasteiger partial charge is 0.497 e. The van der Waals surface area contributed by atoms with Crippen LogP contribution < -0.4 is 18.9 Å². The molecule has 5 rings (SSSR count). The van der Waals surface area contributed by atoms with Crippen LogP contribution in [0.25, 0.3) is 6.08 Å². The number of Topliss-reactive ketones (excluding diaryl/α,β-unsaturated/α-hetero) is 1. The number of benzene rings is 3.